The maximum Gasteiger partial charge on any atom is 0.323 e. The number of carbonyl (C=O) groups excluding carboxylic acids is 1. The maximum absolute atomic E-state index is 12.5. The van der Waals surface area contributed by atoms with Crippen LogP contribution in [-0.4, -0.2) is 37.9 Å². The Kier molecular flexibility index (Phi) is 5.01. The van der Waals surface area contributed by atoms with E-state index in [2.05, 4.69) is 20.6 Å². The van der Waals surface area contributed by atoms with Crippen LogP contribution in [0.2, 0.25) is 0 Å². The molecule has 26 heavy (non-hydrogen) atoms. The Hall–Kier alpha value is -3.16. The molecule has 8 heteroatoms. The summed E-state index contributed by atoms with van der Waals surface area (Å²) in [5.74, 6) is 1.30. The molecular weight excluding hydrogens is 332 g/mol. The third kappa shape index (κ3) is 3.58. The topological polar surface area (TPSA) is 89.1 Å². The van der Waals surface area contributed by atoms with Crippen molar-refractivity contribution in [1.29, 1.82) is 0 Å². The zero-order chi connectivity index (χ0) is 18.7. The molecule has 1 N–H and O–H groups in total. The number of amides is 2. The quantitative estimate of drug-likeness (QED) is 0.761. The molecule has 0 bridgehead atoms. The van der Waals surface area contributed by atoms with Crippen molar-refractivity contribution in [1.82, 2.24) is 24.8 Å². The Morgan fingerprint density at radius 1 is 1.42 bits per heavy atom. The molecule has 0 spiro atoms. The molecule has 0 aliphatic rings. The van der Waals surface area contributed by atoms with E-state index in [-0.39, 0.29) is 6.03 Å². The molecule has 0 saturated carbocycles. The summed E-state index contributed by atoms with van der Waals surface area (Å²) in [6.07, 6.45) is 4.24. The predicted octanol–water partition coefficient (Wildman–Crippen LogP) is 3.00. The first kappa shape index (κ1) is 17.7. The summed E-state index contributed by atoms with van der Waals surface area (Å²) in [6.45, 7) is 4.30. The molecule has 0 radical (unpaired) electrons. The van der Waals surface area contributed by atoms with Gasteiger partial charge in [0.15, 0.2) is 5.76 Å². The number of pyridine rings is 1. The molecule has 0 aliphatic carbocycles. The van der Waals surface area contributed by atoms with Crippen molar-refractivity contribution in [3.05, 3.63) is 47.6 Å². The number of aromatic nitrogens is 4. The fourth-order valence-electron chi connectivity index (χ4n) is 2.74. The average Bonchev–Trinajstić information content (AvgIpc) is 3.22. The van der Waals surface area contributed by atoms with Crippen LogP contribution in [-0.2, 0) is 20.0 Å². The van der Waals surface area contributed by atoms with Crippen molar-refractivity contribution in [3.8, 4) is 11.3 Å². The Morgan fingerprint density at radius 2 is 2.23 bits per heavy atom. The molecule has 3 rings (SSSR count). The fourth-order valence-corrected chi connectivity index (χ4v) is 2.74. The van der Waals surface area contributed by atoms with Gasteiger partial charge in [0.05, 0.1) is 12.2 Å². The third-order valence-electron chi connectivity index (χ3n) is 4.20. The van der Waals surface area contributed by atoms with Gasteiger partial charge in [-0.3, -0.25) is 15.0 Å². The van der Waals surface area contributed by atoms with E-state index in [1.165, 1.54) is 4.90 Å². The normalized spacial score (nSPS) is 10.8. The summed E-state index contributed by atoms with van der Waals surface area (Å²) in [6, 6.07) is 5.31. The summed E-state index contributed by atoms with van der Waals surface area (Å²) < 4.78 is 7.03. The lowest BCUT2D eigenvalue weighted by atomic mass is 10.2. The molecule has 3 aromatic heterocycles. The van der Waals surface area contributed by atoms with Gasteiger partial charge in [-0.25, -0.2) is 4.79 Å². The number of rotatable bonds is 5. The molecule has 0 saturated heterocycles. The molecule has 8 nitrogen and oxygen atoms in total. The Morgan fingerprint density at radius 3 is 2.88 bits per heavy atom. The second-order valence-electron chi connectivity index (χ2n) is 6.10. The van der Waals surface area contributed by atoms with Crippen molar-refractivity contribution >= 4 is 11.8 Å². The van der Waals surface area contributed by atoms with Crippen LogP contribution < -0.4 is 5.32 Å². The van der Waals surface area contributed by atoms with E-state index in [9.17, 15) is 4.79 Å². The first-order chi connectivity index (χ1) is 12.5. The van der Waals surface area contributed by atoms with E-state index < -0.39 is 0 Å². The smallest absolute Gasteiger partial charge is 0.323 e. The number of hydrogen-bond acceptors (Lipinski definition) is 5. The molecule has 0 aliphatic heterocycles. The Bertz CT molecular complexity index is 900. The minimum Gasteiger partial charge on any atom is -0.359 e. The van der Waals surface area contributed by atoms with Gasteiger partial charge in [0.1, 0.15) is 11.5 Å². The highest BCUT2D eigenvalue weighted by Gasteiger charge is 2.17. The van der Waals surface area contributed by atoms with Crippen molar-refractivity contribution in [2.24, 2.45) is 7.05 Å². The Balaban J connectivity index is 1.67. The van der Waals surface area contributed by atoms with Crippen molar-refractivity contribution in [2.75, 3.05) is 12.4 Å². The summed E-state index contributed by atoms with van der Waals surface area (Å²) in [4.78, 5) is 18.1. The second-order valence-corrected chi connectivity index (χ2v) is 6.10. The van der Waals surface area contributed by atoms with Crippen LogP contribution in [0.5, 0.6) is 0 Å². The number of hydrogen-bond donors (Lipinski definition) is 1. The molecule has 0 aromatic carbocycles. The number of nitrogens with one attached hydrogen (secondary N) is 1. The monoisotopic (exact) mass is 354 g/mol. The third-order valence-corrected chi connectivity index (χ3v) is 4.20. The summed E-state index contributed by atoms with van der Waals surface area (Å²) in [7, 11) is 3.52. The van der Waals surface area contributed by atoms with E-state index in [4.69, 9.17) is 4.52 Å². The van der Waals surface area contributed by atoms with Gasteiger partial charge in [-0.2, -0.15) is 5.10 Å². The van der Waals surface area contributed by atoms with Crippen LogP contribution in [0.15, 0.2) is 35.1 Å². The lowest BCUT2D eigenvalue weighted by Gasteiger charge is -2.16. The van der Waals surface area contributed by atoms with Crippen LogP contribution in [0.25, 0.3) is 11.3 Å². The summed E-state index contributed by atoms with van der Waals surface area (Å²) in [5.41, 5.74) is 3.52. The van der Waals surface area contributed by atoms with Crippen LogP contribution in [0.1, 0.15) is 23.9 Å². The van der Waals surface area contributed by atoms with E-state index in [0.29, 0.717) is 23.8 Å². The zero-order valence-electron chi connectivity index (χ0n) is 15.4. The standard InChI is InChI=1S/C18H22N6O2/c1-5-15-12(2)17(24(4)21-15)20-18(25)23(3)11-14-9-16(22-26-14)13-7-6-8-19-10-13/h6-10H,5,11H2,1-4H3,(H,20,25). The minimum atomic E-state index is -0.238. The van der Waals surface area contributed by atoms with Gasteiger partial charge in [0.25, 0.3) is 0 Å². The maximum atomic E-state index is 12.5. The van der Waals surface area contributed by atoms with Crippen LogP contribution in [0.3, 0.4) is 0 Å². The van der Waals surface area contributed by atoms with E-state index in [1.54, 1.807) is 24.1 Å². The summed E-state index contributed by atoms with van der Waals surface area (Å²) in [5, 5.41) is 11.4. The minimum absolute atomic E-state index is 0.238. The molecule has 3 heterocycles. The number of aryl methyl sites for hydroxylation is 2. The highest BCUT2D eigenvalue weighted by atomic mass is 16.5. The van der Waals surface area contributed by atoms with Gasteiger partial charge in [-0.1, -0.05) is 12.1 Å². The summed E-state index contributed by atoms with van der Waals surface area (Å²) >= 11 is 0. The van der Waals surface area contributed by atoms with Gasteiger partial charge >= 0.3 is 6.03 Å². The van der Waals surface area contributed by atoms with Gasteiger partial charge in [0, 0.05) is 43.7 Å². The van der Waals surface area contributed by atoms with E-state index >= 15 is 0 Å². The van der Waals surface area contributed by atoms with E-state index in [1.807, 2.05) is 39.1 Å². The largest absolute Gasteiger partial charge is 0.359 e. The molecular formula is C18H22N6O2. The first-order valence-corrected chi connectivity index (χ1v) is 8.40. The van der Waals surface area contributed by atoms with Crippen molar-refractivity contribution in [3.63, 3.8) is 0 Å². The highest BCUT2D eigenvalue weighted by Crippen LogP contribution is 2.20. The molecule has 136 valence electrons. The highest BCUT2D eigenvalue weighted by molar-refractivity contribution is 5.89. The van der Waals surface area contributed by atoms with Crippen molar-refractivity contribution < 1.29 is 9.32 Å². The van der Waals surface area contributed by atoms with Gasteiger partial charge in [-0.05, 0) is 25.5 Å². The zero-order valence-corrected chi connectivity index (χ0v) is 15.4. The van der Waals surface area contributed by atoms with Crippen LogP contribution >= 0.6 is 0 Å². The van der Waals surface area contributed by atoms with Gasteiger partial charge in [-0.15, -0.1) is 0 Å². The average molecular weight is 354 g/mol. The van der Waals surface area contributed by atoms with Crippen LogP contribution in [0.4, 0.5) is 10.6 Å². The second kappa shape index (κ2) is 7.38. The van der Waals surface area contributed by atoms with Gasteiger partial charge < -0.3 is 9.42 Å². The molecule has 0 fully saturated rings. The van der Waals surface area contributed by atoms with Gasteiger partial charge in [0.2, 0.25) is 0 Å². The Labute approximate surface area is 151 Å². The first-order valence-electron chi connectivity index (χ1n) is 8.40. The number of anilines is 1. The predicted molar refractivity (Wildman–Crippen MR) is 97.5 cm³/mol. The van der Waals surface area contributed by atoms with Crippen molar-refractivity contribution in [2.45, 2.75) is 26.8 Å². The number of carbonyl (C=O) groups is 1. The van der Waals surface area contributed by atoms with Crippen LogP contribution in [0, 0.1) is 6.92 Å². The van der Waals surface area contributed by atoms with E-state index in [0.717, 1.165) is 23.2 Å². The lowest BCUT2D eigenvalue weighted by Crippen LogP contribution is -2.31. The molecule has 3 aromatic rings. The SMILES string of the molecule is CCc1nn(C)c(NC(=O)N(C)Cc2cc(-c3cccnc3)no2)c1C. The number of nitrogens with zero attached hydrogens (tertiary/aromatic N) is 5. The molecule has 0 unspecified atom stereocenters. The lowest BCUT2D eigenvalue weighted by molar-refractivity contribution is 0.214. The molecule has 2 amide bonds. The fraction of sp³-hybridized carbons (Fsp3) is 0.333. The number of urea groups is 1. The molecule has 0 atom stereocenters.